The lowest BCUT2D eigenvalue weighted by Crippen LogP contribution is -2.18. The Balaban J connectivity index is 2.61. The van der Waals surface area contributed by atoms with Gasteiger partial charge in [-0.3, -0.25) is 0 Å². The molecule has 1 aromatic rings. The molecule has 1 saturated carbocycles. The van der Waals surface area contributed by atoms with Crippen molar-refractivity contribution in [1.82, 2.24) is 0 Å². The van der Waals surface area contributed by atoms with E-state index in [0.29, 0.717) is 28.4 Å². The molecule has 5 heteroatoms. The lowest BCUT2D eigenvalue weighted by Gasteiger charge is -2.29. The van der Waals surface area contributed by atoms with Crippen molar-refractivity contribution < 1.29 is 17.9 Å². The van der Waals surface area contributed by atoms with Gasteiger partial charge in [0.1, 0.15) is 0 Å². The quantitative estimate of drug-likeness (QED) is 0.785. The second kappa shape index (κ2) is 7.04. The molecule has 23 heavy (non-hydrogen) atoms. The lowest BCUT2D eigenvalue weighted by atomic mass is 9.78. The topological polar surface area (TPSA) is 60.4 Å². The van der Waals surface area contributed by atoms with Crippen molar-refractivity contribution in [3.8, 4) is 0 Å². The van der Waals surface area contributed by atoms with E-state index in [9.17, 15) is 13.2 Å². The molecule has 0 bridgehead atoms. The van der Waals surface area contributed by atoms with Crippen LogP contribution in [0.3, 0.4) is 0 Å². The van der Waals surface area contributed by atoms with Crippen molar-refractivity contribution in [1.29, 1.82) is 0 Å². The van der Waals surface area contributed by atoms with E-state index < -0.39 is 15.8 Å². The van der Waals surface area contributed by atoms with Crippen LogP contribution in [0, 0.1) is 5.92 Å². The first-order chi connectivity index (χ1) is 10.8. The van der Waals surface area contributed by atoms with Crippen LogP contribution in [0.25, 0.3) is 0 Å². The first kappa shape index (κ1) is 18.0. The number of rotatable bonds is 4. The van der Waals surface area contributed by atoms with Crippen LogP contribution in [-0.2, 0) is 21.0 Å². The highest BCUT2D eigenvalue weighted by molar-refractivity contribution is 7.90. The lowest BCUT2D eigenvalue weighted by molar-refractivity contribution is 0.0599. The van der Waals surface area contributed by atoms with E-state index in [0.717, 1.165) is 31.2 Å². The van der Waals surface area contributed by atoms with Gasteiger partial charge in [0.2, 0.25) is 0 Å². The van der Waals surface area contributed by atoms with Crippen molar-refractivity contribution in [2.45, 2.75) is 56.8 Å². The molecule has 1 aliphatic carbocycles. The number of carbonyl (C=O) groups is 1. The standard InChI is InChI=1S/C18H26O4S/c1-5-14-16(18(19)22-3)11-10-15(17(14)23(4,20)21)13-8-6-12(2)7-9-13/h10-13H,5-9H2,1-4H3. The molecule has 0 spiro atoms. The summed E-state index contributed by atoms with van der Waals surface area (Å²) in [7, 11) is -2.09. The summed E-state index contributed by atoms with van der Waals surface area (Å²) >= 11 is 0. The molecule has 1 aromatic carbocycles. The first-order valence-corrected chi connectivity index (χ1v) is 10.1. The summed E-state index contributed by atoms with van der Waals surface area (Å²) in [6, 6.07) is 3.55. The Bertz CT molecular complexity index is 683. The van der Waals surface area contributed by atoms with Crippen molar-refractivity contribution in [3.63, 3.8) is 0 Å². The van der Waals surface area contributed by atoms with E-state index >= 15 is 0 Å². The molecule has 0 N–H and O–H groups in total. The van der Waals surface area contributed by atoms with E-state index in [2.05, 4.69) is 6.92 Å². The first-order valence-electron chi connectivity index (χ1n) is 8.23. The smallest absolute Gasteiger partial charge is 0.338 e. The number of benzene rings is 1. The van der Waals surface area contributed by atoms with E-state index in [1.165, 1.54) is 13.4 Å². The van der Waals surface area contributed by atoms with Crippen molar-refractivity contribution >= 4 is 15.8 Å². The Morgan fingerprint density at radius 1 is 1.22 bits per heavy atom. The summed E-state index contributed by atoms with van der Waals surface area (Å²) in [6.07, 6.45) is 5.97. The van der Waals surface area contributed by atoms with Gasteiger partial charge in [-0.25, -0.2) is 13.2 Å². The van der Waals surface area contributed by atoms with Gasteiger partial charge < -0.3 is 4.74 Å². The van der Waals surface area contributed by atoms with Gasteiger partial charge in [-0.05, 0) is 48.3 Å². The number of esters is 1. The SMILES string of the molecule is CCc1c(C(=O)OC)ccc(C2CCC(C)CC2)c1S(C)(=O)=O. The largest absolute Gasteiger partial charge is 0.465 e. The van der Waals surface area contributed by atoms with Crippen LogP contribution in [0.4, 0.5) is 0 Å². The third-order valence-electron chi connectivity index (χ3n) is 4.88. The number of carbonyl (C=O) groups excluding carboxylic acids is 1. The Hall–Kier alpha value is -1.36. The van der Waals surface area contributed by atoms with Crippen LogP contribution in [0.1, 0.15) is 66.9 Å². The van der Waals surface area contributed by atoms with Gasteiger partial charge in [0.15, 0.2) is 9.84 Å². The molecule has 4 nitrogen and oxygen atoms in total. The second-order valence-electron chi connectivity index (χ2n) is 6.58. The number of hydrogen-bond acceptors (Lipinski definition) is 4. The fourth-order valence-corrected chi connectivity index (χ4v) is 4.99. The molecule has 1 fully saturated rings. The maximum absolute atomic E-state index is 12.5. The summed E-state index contributed by atoms with van der Waals surface area (Å²) in [5.41, 5.74) is 1.84. The summed E-state index contributed by atoms with van der Waals surface area (Å²) in [5.74, 6) is 0.483. The maximum atomic E-state index is 12.5. The van der Waals surface area contributed by atoms with Gasteiger partial charge >= 0.3 is 5.97 Å². The molecule has 128 valence electrons. The Labute approximate surface area is 139 Å². The number of sulfone groups is 1. The molecule has 0 atom stereocenters. The monoisotopic (exact) mass is 338 g/mol. The maximum Gasteiger partial charge on any atom is 0.338 e. The predicted molar refractivity (Wildman–Crippen MR) is 90.6 cm³/mol. The molecule has 0 aromatic heterocycles. The van der Waals surface area contributed by atoms with Gasteiger partial charge in [-0.2, -0.15) is 0 Å². The average Bonchev–Trinajstić information content (AvgIpc) is 2.52. The predicted octanol–water partition coefficient (Wildman–Crippen LogP) is 3.73. The highest BCUT2D eigenvalue weighted by Gasteiger charge is 2.29. The van der Waals surface area contributed by atoms with Crippen LogP contribution in [0.15, 0.2) is 17.0 Å². The van der Waals surface area contributed by atoms with Gasteiger partial charge in [0, 0.05) is 6.26 Å². The number of methoxy groups -OCH3 is 1. The fourth-order valence-electron chi connectivity index (χ4n) is 3.63. The van der Waals surface area contributed by atoms with Crippen LogP contribution < -0.4 is 0 Å². The minimum absolute atomic E-state index is 0.257. The molecular weight excluding hydrogens is 312 g/mol. The van der Waals surface area contributed by atoms with Gasteiger partial charge in [0.05, 0.1) is 17.6 Å². The molecular formula is C18H26O4S. The van der Waals surface area contributed by atoms with Crippen LogP contribution in [-0.4, -0.2) is 27.8 Å². The highest BCUT2D eigenvalue weighted by Crippen LogP contribution is 2.40. The zero-order valence-corrected chi connectivity index (χ0v) is 15.2. The molecule has 1 aliphatic rings. The van der Waals surface area contributed by atoms with E-state index in [1.54, 1.807) is 6.07 Å². The Morgan fingerprint density at radius 2 is 1.83 bits per heavy atom. The minimum atomic E-state index is -3.41. The van der Waals surface area contributed by atoms with Gasteiger partial charge in [-0.1, -0.05) is 32.8 Å². The van der Waals surface area contributed by atoms with E-state index in [1.807, 2.05) is 13.0 Å². The third-order valence-corrected chi connectivity index (χ3v) is 6.10. The summed E-state index contributed by atoms with van der Waals surface area (Å²) < 4.78 is 29.7. The molecule has 0 amide bonds. The molecule has 0 radical (unpaired) electrons. The molecule has 2 rings (SSSR count). The number of ether oxygens (including phenoxy) is 1. The van der Waals surface area contributed by atoms with Crippen molar-refractivity contribution in [3.05, 3.63) is 28.8 Å². The normalized spacial score (nSPS) is 21.9. The molecule has 0 unspecified atom stereocenters. The van der Waals surface area contributed by atoms with Crippen LogP contribution in [0.2, 0.25) is 0 Å². The molecule has 0 saturated heterocycles. The van der Waals surface area contributed by atoms with Crippen LogP contribution >= 0.6 is 0 Å². The number of hydrogen-bond donors (Lipinski definition) is 0. The van der Waals surface area contributed by atoms with Crippen LogP contribution in [0.5, 0.6) is 0 Å². The summed E-state index contributed by atoms with van der Waals surface area (Å²) in [5, 5.41) is 0. The van der Waals surface area contributed by atoms with Crippen molar-refractivity contribution in [2.75, 3.05) is 13.4 Å². The van der Waals surface area contributed by atoms with E-state index in [-0.39, 0.29) is 5.92 Å². The summed E-state index contributed by atoms with van der Waals surface area (Å²) in [6.45, 7) is 4.12. The third kappa shape index (κ3) is 3.77. The Kier molecular flexibility index (Phi) is 5.50. The Morgan fingerprint density at radius 3 is 2.30 bits per heavy atom. The highest BCUT2D eigenvalue weighted by atomic mass is 32.2. The molecule has 0 heterocycles. The van der Waals surface area contributed by atoms with E-state index in [4.69, 9.17) is 4.74 Å². The minimum Gasteiger partial charge on any atom is -0.465 e. The van der Waals surface area contributed by atoms with Gasteiger partial charge in [-0.15, -0.1) is 0 Å². The zero-order chi connectivity index (χ0) is 17.2. The zero-order valence-electron chi connectivity index (χ0n) is 14.4. The summed E-state index contributed by atoms with van der Waals surface area (Å²) in [4.78, 5) is 12.3. The fraction of sp³-hybridized carbons (Fsp3) is 0.611. The average molecular weight is 338 g/mol. The van der Waals surface area contributed by atoms with Crippen molar-refractivity contribution in [2.24, 2.45) is 5.92 Å². The van der Waals surface area contributed by atoms with Gasteiger partial charge in [0.25, 0.3) is 0 Å². The molecule has 0 aliphatic heterocycles. The second-order valence-corrected chi connectivity index (χ2v) is 8.54.